The minimum absolute atomic E-state index is 0.395. The Hall–Kier alpha value is -1.44. The Kier molecular flexibility index (Phi) is 21.1. The van der Waals surface area contributed by atoms with Crippen LogP contribution in [-0.4, -0.2) is 22.9 Å². The molecule has 0 radical (unpaired) electrons. The summed E-state index contributed by atoms with van der Waals surface area (Å²) in [6, 6.07) is 11.2. The van der Waals surface area contributed by atoms with Gasteiger partial charge in [-0.15, -0.1) is 0 Å². The summed E-state index contributed by atoms with van der Waals surface area (Å²) in [7, 11) is 0. The van der Waals surface area contributed by atoms with E-state index in [4.69, 9.17) is 0 Å². The van der Waals surface area contributed by atoms with E-state index in [9.17, 15) is 0 Å². The molecule has 0 saturated heterocycles. The van der Waals surface area contributed by atoms with Gasteiger partial charge in [0.2, 0.25) is 0 Å². The SMILES string of the molecule is CCCCCCCCCCCCCCCCN1C=CN(CCCCCCCCCCCC)C1c1ccccc1. The van der Waals surface area contributed by atoms with Gasteiger partial charge >= 0.3 is 0 Å². The number of benzene rings is 1. The molecule has 0 spiro atoms. The van der Waals surface area contributed by atoms with Crippen molar-refractivity contribution in [1.82, 2.24) is 9.80 Å². The maximum absolute atomic E-state index is 2.60. The Bertz CT molecular complexity index is 669. The summed E-state index contributed by atoms with van der Waals surface area (Å²) < 4.78 is 0. The summed E-state index contributed by atoms with van der Waals surface area (Å²) in [5.74, 6) is 0. The average Bonchev–Trinajstić information content (AvgIpc) is 3.37. The van der Waals surface area contributed by atoms with Crippen molar-refractivity contribution in [3.05, 3.63) is 48.3 Å². The highest BCUT2D eigenvalue weighted by atomic mass is 15.4. The van der Waals surface area contributed by atoms with Crippen molar-refractivity contribution in [2.24, 2.45) is 0 Å². The lowest BCUT2D eigenvalue weighted by atomic mass is 10.0. The van der Waals surface area contributed by atoms with Crippen LogP contribution in [0.4, 0.5) is 0 Å². The molecule has 2 nitrogen and oxygen atoms in total. The molecule has 0 bridgehead atoms. The quantitative estimate of drug-likeness (QED) is 0.103. The lowest BCUT2D eigenvalue weighted by Gasteiger charge is -2.33. The van der Waals surface area contributed by atoms with Gasteiger partial charge in [0, 0.05) is 25.5 Å². The van der Waals surface area contributed by atoms with Gasteiger partial charge in [-0.25, -0.2) is 0 Å². The van der Waals surface area contributed by atoms with E-state index in [0.29, 0.717) is 6.17 Å². The van der Waals surface area contributed by atoms with Crippen molar-refractivity contribution in [3.8, 4) is 0 Å². The highest BCUT2D eigenvalue weighted by Crippen LogP contribution is 2.31. The fourth-order valence-electron chi connectivity index (χ4n) is 6.20. The number of hydrogen-bond acceptors (Lipinski definition) is 2. The van der Waals surface area contributed by atoms with Gasteiger partial charge in [-0.2, -0.15) is 0 Å². The van der Waals surface area contributed by atoms with Gasteiger partial charge in [0.05, 0.1) is 0 Å². The van der Waals surface area contributed by atoms with Crippen LogP contribution in [0.2, 0.25) is 0 Å². The summed E-state index contributed by atoms with van der Waals surface area (Å²) in [4.78, 5) is 5.20. The third-order valence-electron chi connectivity index (χ3n) is 8.72. The Morgan fingerprint density at radius 1 is 0.410 bits per heavy atom. The summed E-state index contributed by atoms with van der Waals surface area (Å²) in [5.41, 5.74) is 1.44. The van der Waals surface area contributed by atoms with Crippen LogP contribution in [0.1, 0.15) is 180 Å². The molecule has 0 saturated carbocycles. The van der Waals surface area contributed by atoms with Crippen LogP contribution in [0.3, 0.4) is 0 Å². The number of rotatable bonds is 27. The molecule has 1 unspecified atom stereocenters. The molecule has 1 aliphatic rings. The molecule has 0 amide bonds. The average molecular weight is 539 g/mol. The van der Waals surface area contributed by atoms with E-state index in [1.165, 1.54) is 173 Å². The molecule has 1 atom stereocenters. The van der Waals surface area contributed by atoms with Crippen molar-refractivity contribution in [2.75, 3.05) is 13.1 Å². The van der Waals surface area contributed by atoms with Crippen molar-refractivity contribution in [2.45, 2.75) is 174 Å². The number of unbranched alkanes of at least 4 members (excludes halogenated alkanes) is 22. The Morgan fingerprint density at radius 3 is 1.05 bits per heavy atom. The molecule has 0 N–H and O–H groups in total. The van der Waals surface area contributed by atoms with Crippen molar-refractivity contribution in [1.29, 1.82) is 0 Å². The van der Waals surface area contributed by atoms with E-state index in [0.717, 1.165) is 0 Å². The molecular weight excluding hydrogens is 472 g/mol. The Morgan fingerprint density at radius 2 is 0.718 bits per heavy atom. The topological polar surface area (TPSA) is 6.48 Å². The first-order valence-corrected chi connectivity index (χ1v) is 17.6. The van der Waals surface area contributed by atoms with Gasteiger partial charge < -0.3 is 9.80 Å². The Balaban J connectivity index is 1.54. The number of hydrogen-bond donors (Lipinski definition) is 0. The lowest BCUT2D eigenvalue weighted by Crippen LogP contribution is -2.32. The van der Waals surface area contributed by atoms with E-state index in [1.54, 1.807) is 0 Å². The van der Waals surface area contributed by atoms with Crippen LogP contribution in [0.25, 0.3) is 0 Å². The lowest BCUT2D eigenvalue weighted by molar-refractivity contribution is 0.149. The Labute approximate surface area is 245 Å². The first-order chi connectivity index (χ1) is 19.4. The minimum atomic E-state index is 0.395. The highest BCUT2D eigenvalue weighted by Gasteiger charge is 2.26. The van der Waals surface area contributed by atoms with E-state index in [1.807, 2.05) is 0 Å². The zero-order valence-corrected chi connectivity index (χ0v) is 26.4. The van der Waals surface area contributed by atoms with Crippen molar-refractivity contribution < 1.29 is 0 Å². The second-order valence-corrected chi connectivity index (χ2v) is 12.3. The van der Waals surface area contributed by atoms with Crippen LogP contribution in [0.5, 0.6) is 0 Å². The van der Waals surface area contributed by atoms with Gasteiger partial charge in [-0.3, -0.25) is 0 Å². The molecule has 0 aliphatic carbocycles. The third kappa shape index (κ3) is 16.4. The fourth-order valence-corrected chi connectivity index (χ4v) is 6.20. The summed E-state index contributed by atoms with van der Waals surface area (Å²) >= 11 is 0. The minimum Gasteiger partial charge on any atom is -0.352 e. The maximum atomic E-state index is 2.60. The van der Waals surface area contributed by atoms with Crippen LogP contribution < -0.4 is 0 Å². The molecular formula is C37H66N2. The molecule has 2 heteroatoms. The van der Waals surface area contributed by atoms with E-state index >= 15 is 0 Å². The van der Waals surface area contributed by atoms with Crippen LogP contribution in [-0.2, 0) is 0 Å². The zero-order valence-electron chi connectivity index (χ0n) is 26.4. The molecule has 1 heterocycles. The zero-order chi connectivity index (χ0) is 27.6. The van der Waals surface area contributed by atoms with Crippen LogP contribution in [0, 0.1) is 0 Å². The number of nitrogens with zero attached hydrogens (tertiary/aromatic N) is 2. The first kappa shape index (κ1) is 33.8. The highest BCUT2D eigenvalue weighted by molar-refractivity contribution is 5.21. The molecule has 2 rings (SSSR count). The summed E-state index contributed by atoms with van der Waals surface area (Å²) in [5, 5.41) is 0. The molecule has 224 valence electrons. The third-order valence-corrected chi connectivity index (χ3v) is 8.72. The van der Waals surface area contributed by atoms with Gasteiger partial charge in [-0.05, 0) is 18.4 Å². The van der Waals surface area contributed by atoms with Crippen molar-refractivity contribution >= 4 is 0 Å². The molecule has 39 heavy (non-hydrogen) atoms. The fraction of sp³-hybridized carbons (Fsp3) is 0.784. The van der Waals surface area contributed by atoms with Crippen LogP contribution in [0.15, 0.2) is 42.7 Å². The largest absolute Gasteiger partial charge is 0.352 e. The first-order valence-electron chi connectivity index (χ1n) is 17.6. The second kappa shape index (κ2) is 24.4. The normalized spacial score (nSPS) is 15.1. The summed E-state index contributed by atoms with van der Waals surface area (Å²) in [6.07, 6.45) is 39.2. The monoisotopic (exact) mass is 539 g/mol. The van der Waals surface area contributed by atoms with E-state index in [2.05, 4.69) is 66.4 Å². The smallest absolute Gasteiger partial charge is 0.127 e. The van der Waals surface area contributed by atoms with Gasteiger partial charge in [0.25, 0.3) is 0 Å². The van der Waals surface area contributed by atoms with Gasteiger partial charge in [0.15, 0.2) is 0 Å². The van der Waals surface area contributed by atoms with Crippen molar-refractivity contribution in [3.63, 3.8) is 0 Å². The second-order valence-electron chi connectivity index (χ2n) is 12.3. The molecule has 1 aliphatic heterocycles. The van der Waals surface area contributed by atoms with E-state index in [-0.39, 0.29) is 0 Å². The predicted octanol–water partition coefficient (Wildman–Crippen LogP) is 12.2. The van der Waals surface area contributed by atoms with Gasteiger partial charge in [-0.1, -0.05) is 185 Å². The maximum Gasteiger partial charge on any atom is 0.127 e. The van der Waals surface area contributed by atoms with Crippen LogP contribution >= 0.6 is 0 Å². The van der Waals surface area contributed by atoms with Gasteiger partial charge in [0.1, 0.15) is 6.17 Å². The predicted molar refractivity (Wildman–Crippen MR) is 174 cm³/mol. The standard InChI is InChI=1S/C37H66N2/c1-3-5-7-9-11-13-15-16-17-18-20-22-24-29-33-39-35-34-38(37(39)36-30-26-25-27-31-36)32-28-23-21-19-14-12-10-8-6-4-2/h25-27,30-31,34-35,37H,3-24,28-29,32-33H2,1-2H3. The summed E-state index contributed by atoms with van der Waals surface area (Å²) in [6.45, 7) is 6.97. The molecule has 0 fully saturated rings. The molecule has 0 aromatic heterocycles. The molecule has 1 aromatic rings. The molecule has 1 aromatic carbocycles. The van der Waals surface area contributed by atoms with E-state index < -0.39 is 0 Å².